The highest BCUT2D eigenvalue weighted by Crippen LogP contribution is 2.11. The highest BCUT2D eigenvalue weighted by atomic mass is 32.2. The van der Waals surface area contributed by atoms with Crippen molar-refractivity contribution in [1.29, 1.82) is 0 Å². The van der Waals surface area contributed by atoms with Crippen LogP contribution in [-0.4, -0.2) is 22.0 Å². The lowest BCUT2D eigenvalue weighted by molar-refractivity contribution is 0.440. The molecule has 0 aliphatic rings. The van der Waals surface area contributed by atoms with E-state index in [0.29, 0.717) is 17.2 Å². The summed E-state index contributed by atoms with van der Waals surface area (Å²) in [5, 5.41) is 3.23. The highest BCUT2D eigenvalue weighted by molar-refractivity contribution is 7.85. The van der Waals surface area contributed by atoms with E-state index >= 15 is 0 Å². The van der Waals surface area contributed by atoms with Crippen molar-refractivity contribution in [2.24, 2.45) is 0 Å². The van der Waals surface area contributed by atoms with Crippen molar-refractivity contribution in [2.75, 3.05) is 12.3 Å². The molecule has 0 aliphatic carbocycles. The Kier molecular flexibility index (Phi) is 4.62. The third kappa shape index (κ3) is 4.41. The van der Waals surface area contributed by atoms with Crippen LogP contribution in [0.25, 0.3) is 0 Å². The summed E-state index contributed by atoms with van der Waals surface area (Å²) in [5.41, 5.74) is -0.000563. The van der Waals surface area contributed by atoms with Crippen molar-refractivity contribution in [1.82, 2.24) is 5.32 Å². The van der Waals surface area contributed by atoms with Crippen molar-refractivity contribution in [3.8, 4) is 0 Å². The maximum atomic E-state index is 13.3. The zero-order chi connectivity index (χ0) is 12.2. The molecule has 2 nitrogen and oxygen atoms in total. The average molecular weight is 243 g/mol. The Morgan fingerprint density at radius 2 is 1.94 bits per heavy atom. The molecule has 16 heavy (non-hydrogen) atoms. The molecule has 0 aliphatic heterocycles. The van der Waals surface area contributed by atoms with Crippen LogP contribution in [0.5, 0.6) is 0 Å². The van der Waals surface area contributed by atoms with Crippen LogP contribution < -0.4 is 5.32 Å². The number of hydrogen-bond donors (Lipinski definition) is 1. The summed E-state index contributed by atoms with van der Waals surface area (Å²) in [6.45, 7) is 6.74. The Balaban J connectivity index is 2.51. The molecule has 0 aromatic heterocycles. The minimum atomic E-state index is -1.27. The molecule has 0 bridgehead atoms. The van der Waals surface area contributed by atoms with Gasteiger partial charge in [-0.1, -0.05) is 12.1 Å². The number of benzene rings is 1. The van der Waals surface area contributed by atoms with Gasteiger partial charge in [0.05, 0.1) is 15.7 Å². The van der Waals surface area contributed by atoms with Gasteiger partial charge in [0.1, 0.15) is 5.82 Å². The van der Waals surface area contributed by atoms with E-state index in [1.165, 1.54) is 6.07 Å². The van der Waals surface area contributed by atoms with Gasteiger partial charge in [0.2, 0.25) is 0 Å². The van der Waals surface area contributed by atoms with E-state index in [0.717, 1.165) is 0 Å². The second-order valence-electron chi connectivity index (χ2n) is 4.66. The smallest absolute Gasteiger partial charge is 0.139 e. The van der Waals surface area contributed by atoms with Crippen molar-refractivity contribution in [3.63, 3.8) is 0 Å². The predicted octanol–water partition coefficient (Wildman–Crippen LogP) is 2.32. The normalized spacial score (nSPS) is 13.8. The molecule has 90 valence electrons. The fourth-order valence-corrected chi connectivity index (χ4v) is 2.28. The molecule has 1 atom stereocenters. The lowest BCUT2D eigenvalue weighted by Crippen LogP contribution is -2.38. The third-order valence-corrected chi connectivity index (χ3v) is 3.42. The van der Waals surface area contributed by atoms with Gasteiger partial charge in [-0.25, -0.2) is 4.39 Å². The standard InChI is InChI=1S/C12H18FNOS/c1-12(2,3)14-8-9-16(15)11-7-5-4-6-10(11)13/h4-7,14H,8-9H2,1-3H3. The van der Waals surface area contributed by atoms with Gasteiger partial charge in [-0.15, -0.1) is 0 Å². The van der Waals surface area contributed by atoms with Crippen LogP contribution in [0, 0.1) is 5.82 Å². The molecule has 0 saturated heterocycles. The van der Waals surface area contributed by atoms with E-state index in [9.17, 15) is 8.60 Å². The Labute approximate surface area is 98.7 Å². The summed E-state index contributed by atoms with van der Waals surface area (Å²) in [7, 11) is -1.27. The molecule has 1 rings (SSSR count). The molecule has 1 aromatic carbocycles. The molecule has 0 saturated carbocycles. The van der Waals surface area contributed by atoms with Crippen molar-refractivity contribution >= 4 is 10.8 Å². The molecule has 1 unspecified atom stereocenters. The Bertz CT molecular complexity index is 374. The molecular weight excluding hydrogens is 225 g/mol. The molecule has 0 spiro atoms. The topological polar surface area (TPSA) is 29.1 Å². The van der Waals surface area contributed by atoms with Crippen molar-refractivity contribution < 1.29 is 8.60 Å². The summed E-state index contributed by atoms with van der Waals surface area (Å²) < 4.78 is 25.1. The van der Waals surface area contributed by atoms with Gasteiger partial charge in [-0.2, -0.15) is 0 Å². The number of rotatable bonds is 4. The van der Waals surface area contributed by atoms with E-state index in [1.54, 1.807) is 18.2 Å². The van der Waals surface area contributed by atoms with E-state index < -0.39 is 16.6 Å². The summed E-state index contributed by atoms with van der Waals surface area (Å²) in [6.07, 6.45) is 0. The lowest BCUT2D eigenvalue weighted by Gasteiger charge is -2.20. The van der Waals surface area contributed by atoms with E-state index in [1.807, 2.05) is 20.8 Å². The van der Waals surface area contributed by atoms with Crippen LogP contribution in [0.15, 0.2) is 29.2 Å². The van der Waals surface area contributed by atoms with Crippen molar-refractivity contribution in [2.45, 2.75) is 31.2 Å². The fraction of sp³-hybridized carbons (Fsp3) is 0.500. The zero-order valence-corrected chi connectivity index (χ0v) is 10.7. The number of nitrogens with one attached hydrogen (secondary N) is 1. The van der Waals surface area contributed by atoms with Crippen LogP contribution in [0.1, 0.15) is 20.8 Å². The van der Waals surface area contributed by atoms with E-state index in [2.05, 4.69) is 5.32 Å². The molecule has 1 aromatic rings. The van der Waals surface area contributed by atoms with Crippen molar-refractivity contribution in [3.05, 3.63) is 30.1 Å². The first kappa shape index (κ1) is 13.3. The Morgan fingerprint density at radius 3 is 2.50 bits per heavy atom. The van der Waals surface area contributed by atoms with Gasteiger partial charge >= 0.3 is 0 Å². The third-order valence-electron chi connectivity index (χ3n) is 2.02. The zero-order valence-electron chi connectivity index (χ0n) is 9.92. The molecule has 0 fully saturated rings. The summed E-state index contributed by atoms with van der Waals surface area (Å²) in [6, 6.07) is 6.21. The first-order valence-corrected chi connectivity index (χ1v) is 6.60. The molecular formula is C12H18FNOS. The number of halogens is 1. The minimum absolute atomic E-state index is 0.000563. The monoisotopic (exact) mass is 243 g/mol. The molecule has 1 N–H and O–H groups in total. The molecule has 0 radical (unpaired) electrons. The van der Waals surface area contributed by atoms with Crippen LogP contribution in [-0.2, 0) is 10.8 Å². The number of hydrogen-bond acceptors (Lipinski definition) is 2. The SMILES string of the molecule is CC(C)(C)NCCS(=O)c1ccccc1F. The van der Waals surface area contributed by atoms with Crippen LogP contribution in [0.3, 0.4) is 0 Å². The maximum Gasteiger partial charge on any atom is 0.139 e. The minimum Gasteiger partial charge on any atom is -0.311 e. The Morgan fingerprint density at radius 1 is 1.31 bits per heavy atom. The maximum absolute atomic E-state index is 13.3. The van der Waals surface area contributed by atoms with Crippen LogP contribution in [0.4, 0.5) is 4.39 Å². The first-order chi connectivity index (χ1) is 7.40. The summed E-state index contributed by atoms with van der Waals surface area (Å²) >= 11 is 0. The molecule has 0 heterocycles. The average Bonchev–Trinajstić information content (AvgIpc) is 2.16. The van der Waals surface area contributed by atoms with Gasteiger partial charge in [-0.05, 0) is 32.9 Å². The van der Waals surface area contributed by atoms with Crippen LogP contribution in [0.2, 0.25) is 0 Å². The van der Waals surface area contributed by atoms with Gasteiger partial charge in [0, 0.05) is 17.8 Å². The first-order valence-electron chi connectivity index (χ1n) is 5.28. The van der Waals surface area contributed by atoms with Gasteiger partial charge in [0.25, 0.3) is 0 Å². The highest BCUT2D eigenvalue weighted by Gasteiger charge is 2.12. The largest absolute Gasteiger partial charge is 0.311 e. The molecule has 0 amide bonds. The van der Waals surface area contributed by atoms with Gasteiger partial charge < -0.3 is 5.32 Å². The predicted molar refractivity (Wildman–Crippen MR) is 65.4 cm³/mol. The van der Waals surface area contributed by atoms with E-state index in [-0.39, 0.29) is 5.54 Å². The lowest BCUT2D eigenvalue weighted by atomic mass is 10.1. The van der Waals surface area contributed by atoms with Crippen LogP contribution >= 0.6 is 0 Å². The second-order valence-corrected chi connectivity index (χ2v) is 6.20. The second kappa shape index (κ2) is 5.55. The molecule has 4 heteroatoms. The van der Waals surface area contributed by atoms with E-state index in [4.69, 9.17) is 0 Å². The fourth-order valence-electron chi connectivity index (χ4n) is 1.26. The van der Waals surface area contributed by atoms with Gasteiger partial charge in [-0.3, -0.25) is 4.21 Å². The summed E-state index contributed by atoms with van der Waals surface area (Å²) in [5.74, 6) is 0.0367. The summed E-state index contributed by atoms with van der Waals surface area (Å²) in [4.78, 5) is 0.290. The quantitative estimate of drug-likeness (QED) is 0.879. The van der Waals surface area contributed by atoms with Gasteiger partial charge in [0.15, 0.2) is 0 Å². The Hall–Kier alpha value is -0.740.